The minimum absolute atomic E-state index is 0.196. The van der Waals surface area contributed by atoms with E-state index < -0.39 is 0 Å². The highest BCUT2D eigenvalue weighted by Gasteiger charge is 2.18. The topological polar surface area (TPSA) is 12.0 Å². The van der Waals surface area contributed by atoms with E-state index in [1.807, 2.05) is 12.1 Å². The molecular formula is C9H9BrFN. The number of hydrogen-bond acceptors (Lipinski definition) is 1. The van der Waals surface area contributed by atoms with Gasteiger partial charge in [0.15, 0.2) is 0 Å². The largest absolute Gasteiger partial charge is 0.310 e. The van der Waals surface area contributed by atoms with Gasteiger partial charge in [0.25, 0.3) is 0 Å². The summed E-state index contributed by atoms with van der Waals surface area (Å²) in [6.07, 6.45) is 1.15. The summed E-state index contributed by atoms with van der Waals surface area (Å²) in [5.74, 6) is -0.196. The summed E-state index contributed by atoms with van der Waals surface area (Å²) in [6, 6.07) is 5.60. The maximum absolute atomic E-state index is 12.8. The third-order valence-electron chi connectivity index (χ3n) is 2.17. The normalized spacial score (nSPS) is 22.0. The molecule has 0 saturated carbocycles. The van der Waals surface area contributed by atoms with Crippen LogP contribution in [0, 0.1) is 5.82 Å². The molecular weight excluding hydrogens is 221 g/mol. The van der Waals surface area contributed by atoms with E-state index in [1.165, 1.54) is 6.07 Å². The Morgan fingerprint density at radius 1 is 1.50 bits per heavy atom. The Labute approximate surface area is 79.1 Å². The first-order valence-electron chi connectivity index (χ1n) is 3.96. The van der Waals surface area contributed by atoms with Gasteiger partial charge in [-0.1, -0.05) is 6.07 Å². The first-order valence-corrected chi connectivity index (χ1v) is 4.75. The van der Waals surface area contributed by atoms with Gasteiger partial charge in [-0.3, -0.25) is 0 Å². The van der Waals surface area contributed by atoms with Crippen LogP contribution in [0.3, 0.4) is 0 Å². The number of benzene rings is 1. The van der Waals surface area contributed by atoms with Gasteiger partial charge in [0.1, 0.15) is 5.82 Å². The van der Waals surface area contributed by atoms with Gasteiger partial charge in [-0.2, -0.15) is 0 Å². The van der Waals surface area contributed by atoms with Crippen LogP contribution in [0.2, 0.25) is 0 Å². The van der Waals surface area contributed by atoms with Gasteiger partial charge in [-0.15, -0.1) is 0 Å². The second-order valence-electron chi connectivity index (χ2n) is 2.97. The lowest BCUT2D eigenvalue weighted by Crippen LogP contribution is -2.34. The Morgan fingerprint density at radius 3 is 2.75 bits per heavy atom. The fourth-order valence-electron chi connectivity index (χ4n) is 1.30. The lowest BCUT2D eigenvalue weighted by Gasteiger charge is -2.28. The van der Waals surface area contributed by atoms with Crippen molar-refractivity contribution in [2.75, 3.05) is 6.54 Å². The van der Waals surface area contributed by atoms with Crippen LogP contribution in [0.5, 0.6) is 0 Å². The van der Waals surface area contributed by atoms with Crippen molar-refractivity contribution in [1.29, 1.82) is 0 Å². The van der Waals surface area contributed by atoms with Crippen LogP contribution in [-0.4, -0.2) is 6.54 Å². The number of hydrogen-bond donors (Lipinski definition) is 1. The predicted molar refractivity (Wildman–Crippen MR) is 49.5 cm³/mol. The number of nitrogens with one attached hydrogen (secondary N) is 1. The summed E-state index contributed by atoms with van der Waals surface area (Å²) in [4.78, 5) is 0. The summed E-state index contributed by atoms with van der Waals surface area (Å²) in [5.41, 5.74) is 1.16. The molecule has 0 radical (unpaired) electrons. The molecule has 3 heteroatoms. The molecule has 1 N–H and O–H groups in total. The zero-order chi connectivity index (χ0) is 8.55. The van der Waals surface area contributed by atoms with Crippen LogP contribution in [0.25, 0.3) is 0 Å². The van der Waals surface area contributed by atoms with Crippen molar-refractivity contribution in [3.05, 3.63) is 34.1 Å². The van der Waals surface area contributed by atoms with E-state index in [9.17, 15) is 4.39 Å². The molecule has 1 aromatic carbocycles. The highest BCUT2D eigenvalue weighted by atomic mass is 79.9. The Bertz CT molecular complexity index is 297. The summed E-state index contributed by atoms with van der Waals surface area (Å²) in [5, 5.41) is 3.27. The van der Waals surface area contributed by atoms with Crippen LogP contribution >= 0.6 is 15.9 Å². The SMILES string of the molecule is Fc1ccc([C@@H]2CCN2)cc1Br. The molecule has 1 aliphatic heterocycles. The van der Waals surface area contributed by atoms with Crippen LogP contribution in [0.15, 0.2) is 22.7 Å². The Balaban J connectivity index is 2.27. The van der Waals surface area contributed by atoms with Gasteiger partial charge in [0.2, 0.25) is 0 Å². The van der Waals surface area contributed by atoms with Crippen molar-refractivity contribution >= 4 is 15.9 Å². The van der Waals surface area contributed by atoms with Crippen molar-refractivity contribution in [3.8, 4) is 0 Å². The molecule has 0 bridgehead atoms. The zero-order valence-electron chi connectivity index (χ0n) is 6.48. The van der Waals surface area contributed by atoms with Gasteiger partial charge >= 0.3 is 0 Å². The smallest absolute Gasteiger partial charge is 0.137 e. The average Bonchev–Trinajstić information content (AvgIpc) is 1.93. The van der Waals surface area contributed by atoms with E-state index in [2.05, 4.69) is 21.2 Å². The van der Waals surface area contributed by atoms with Crippen LogP contribution in [0.1, 0.15) is 18.0 Å². The van der Waals surface area contributed by atoms with Crippen LogP contribution < -0.4 is 5.32 Å². The number of rotatable bonds is 1. The Morgan fingerprint density at radius 2 is 2.25 bits per heavy atom. The molecule has 1 fully saturated rings. The number of halogens is 2. The molecule has 1 aliphatic rings. The Kier molecular flexibility index (Phi) is 2.15. The van der Waals surface area contributed by atoms with E-state index in [1.54, 1.807) is 0 Å². The monoisotopic (exact) mass is 229 g/mol. The molecule has 0 unspecified atom stereocenters. The van der Waals surface area contributed by atoms with Crippen molar-refractivity contribution in [3.63, 3.8) is 0 Å². The third kappa shape index (κ3) is 1.39. The average molecular weight is 230 g/mol. The van der Waals surface area contributed by atoms with Crippen molar-refractivity contribution in [2.24, 2.45) is 0 Å². The van der Waals surface area contributed by atoms with E-state index in [-0.39, 0.29) is 5.82 Å². The van der Waals surface area contributed by atoms with Crippen molar-refractivity contribution in [2.45, 2.75) is 12.5 Å². The first-order chi connectivity index (χ1) is 5.77. The molecule has 0 aromatic heterocycles. The van der Waals surface area contributed by atoms with Crippen molar-refractivity contribution < 1.29 is 4.39 Å². The summed E-state index contributed by atoms with van der Waals surface area (Å²) in [7, 11) is 0. The van der Waals surface area contributed by atoms with Crippen LogP contribution in [0.4, 0.5) is 4.39 Å². The molecule has 64 valence electrons. The standard InChI is InChI=1S/C9H9BrFN/c10-7-5-6(1-2-8(7)11)9-3-4-12-9/h1-2,5,9,12H,3-4H2/t9-/m0/s1. The predicted octanol–water partition coefficient (Wildman–Crippen LogP) is 2.62. The minimum Gasteiger partial charge on any atom is -0.310 e. The van der Waals surface area contributed by atoms with E-state index in [4.69, 9.17) is 0 Å². The molecule has 1 atom stereocenters. The lowest BCUT2D eigenvalue weighted by molar-refractivity contribution is 0.382. The molecule has 0 spiro atoms. The molecule has 1 heterocycles. The van der Waals surface area contributed by atoms with Crippen molar-refractivity contribution in [1.82, 2.24) is 5.32 Å². The van der Waals surface area contributed by atoms with Gasteiger partial charge < -0.3 is 5.32 Å². The van der Waals surface area contributed by atoms with E-state index >= 15 is 0 Å². The second kappa shape index (κ2) is 3.15. The highest BCUT2D eigenvalue weighted by Crippen LogP contribution is 2.26. The fraction of sp³-hybridized carbons (Fsp3) is 0.333. The maximum atomic E-state index is 12.8. The summed E-state index contributed by atoms with van der Waals surface area (Å²) in [6.45, 7) is 1.07. The molecule has 1 aromatic rings. The van der Waals surface area contributed by atoms with Gasteiger partial charge in [0, 0.05) is 6.04 Å². The van der Waals surface area contributed by atoms with Gasteiger partial charge in [-0.25, -0.2) is 4.39 Å². The minimum atomic E-state index is -0.196. The van der Waals surface area contributed by atoms with Crippen LogP contribution in [-0.2, 0) is 0 Å². The zero-order valence-corrected chi connectivity index (χ0v) is 8.07. The maximum Gasteiger partial charge on any atom is 0.137 e. The molecule has 0 aliphatic carbocycles. The fourth-order valence-corrected chi connectivity index (χ4v) is 1.70. The molecule has 1 nitrogen and oxygen atoms in total. The second-order valence-corrected chi connectivity index (χ2v) is 3.82. The summed E-state index contributed by atoms with van der Waals surface area (Å²) < 4.78 is 13.4. The van der Waals surface area contributed by atoms with Gasteiger partial charge in [0.05, 0.1) is 4.47 Å². The Hall–Kier alpha value is -0.410. The third-order valence-corrected chi connectivity index (χ3v) is 2.78. The summed E-state index contributed by atoms with van der Waals surface area (Å²) >= 11 is 3.16. The lowest BCUT2D eigenvalue weighted by atomic mass is 9.98. The van der Waals surface area contributed by atoms with E-state index in [0.717, 1.165) is 18.5 Å². The molecule has 2 rings (SSSR count). The van der Waals surface area contributed by atoms with Gasteiger partial charge in [-0.05, 0) is 46.6 Å². The first kappa shape index (κ1) is 8.20. The molecule has 12 heavy (non-hydrogen) atoms. The molecule has 0 amide bonds. The quantitative estimate of drug-likeness (QED) is 0.781. The highest BCUT2D eigenvalue weighted by molar-refractivity contribution is 9.10. The van der Waals surface area contributed by atoms with E-state index in [0.29, 0.717) is 10.5 Å². The molecule has 1 saturated heterocycles.